The van der Waals surface area contributed by atoms with E-state index < -0.39 is 0 Å². The molecule has 6 heteroatoms. The van der Waals surface area contributed by atoms with Crippen LogP contribution in [-0.4, -0.2) is 60.0 Å². The van der Waals surface area contributed by atoms with E-state index in [0.29, 0.717) is 5.91 Å². The van der Waals surface area contributed by atoms with Gasteiger partial charge in [-0.25, -0.2) is 0 Å². The second kappa shape index (κ2) is 7.30. The van der Waals surface area contributed by atoms with E-state index in [-0.39, 0.29) is 30.4 Å². The Morgan fingerprint density at radius 1 is 1.10 bits per heavy atom. The molecule has 0 bridgehead atoms. The predicted molar refractivity (Wildman–Crippen MR) is 85.9 cm³/mol. The van der Waals surface area contributed by atoms with Crippen LogP contribution in [0.1, 0.15) is 39.0 Å². The van der Waals surface area contributed by atoms with E-state index in [0.717, 1.165) is 45.2 Å². The van der Waals surface area contributed by atoms with Gasteiger partial charge in [-0.15, -0.1) is 24.8 Å². The van der Waals surface area contributed by atoms with Gasteiger partial charge in [0.05, 0.1) is 5.54 Å². The Balaban J connectivity index is 0.000001000. The minimum absolute atomic E-state index is 0. The fourth-order valence-electron chi connectivity index (χ4n) is 3.32. The van der Waals surface area contributed by atoms with Gasteiger partial charge in [0.15, 0.2) is 0 Å². The highest BCUT2D eigenvalue weighted by atomic mass is 35.5. The van der Waals surface area contributed by atoms with Gasteiger partial charge in [-0.3, -0.25) is 9.69 Å². The zero-order valence-electron chi connectivity index (χ0n) is 12.3. The molecule has 20 heavy (non-hydrogen) atoms. The van der Waals surface area contributed by atoms with Crippen LogP contribution in [0.5, 0.6) is 0 Å². The number of nitrogens with one attached hydrogen (secondary N) is 1. The van der Waals surface area contributed by atoms with Gasteiger partial charge >= 0.3 is 0 Å². The first kappa shape index (κ1) is 18.0. The molecule has 118 valence electrons. The lowest BCUT2D eigenvalue weighted by molar-refractivity contribution is -0.140. The summed E-state index contributed by atoms with van der Waals surface area (Å²) in [6, 6.07) is 0.839. The minimum Gasteiger partial charge on any atom is -0.339 e. The molecule has 1 atom stereocenters. The lowest BCUT2D eigenvalue weighted by Crippen LogP contribution is -2.61. The smallest absolute Gasteiger partial charge is 0.242 e. The molecule has 1 aliphatic carbocycles. The molecule has 3 rings (SSSR count). The average molecular weight is 324 g/mol. The average Bonchev–Trinajstić information content (AvgIpc) is 3.23. The minimum atomic E-state index is -0.292. The monoisotopic (exact) mass is 323 g/mol. The van der Waals surface area contributed by atoms with Crippen LogP contribution < -0.4 is 5.32 Å². The topological polar surface area (TPSA) is 35.6 Å². The van der Waals surface area contributed by atoms with E-state index in [1.54, 1.807) is 0 Å². The zero-order valence-corrected chi connectivity index (χ0v) is 13.9. The molecule has 0 spiro atoms. The summed E-state index contributed by atoms with van der Waals surface area (Å²) in [6.45, 7) is 7.07. The van der Waals surface area contributed by atoms with Crippen LogP contribution in [0.2, 0.25) is 0 Å². The molecule has 0 radical (unpaired) electrons. The van der Waals surface area contributed by atoms with Crippen LogP contribution in [0.3, 0.4) is 0 Å². The summed E-state index contributed by atoms with van der Waals surface area (Å²) in [7, 11) is 0. The van der Waals surface area contributed by atoms with Gasteiger partial charge in [0.25, 0.3) is 0 Å². The quantitative estimate of drug-likeness (QED) is 0.839. The van der Waals surface area contributed by atoms with Crippen molar-refractivity contribution in [2.24, 2.45) is 0 Å². The first-order valence-electron chi connectivity index (χ1n) is 7.47. The van der Waals surface area contributed by atoms with Crippen molar-refractivity contribution in [2.75, 3.05) is 32.7 Å². The summed E-state index contributed by atoms with van der Waals surface area (Å²) in [5, 5.41) is 3.43. The molecule has 2 aliphatic heterocycles. The SMILES string of the molecule is CC1(C(=O)N2CCN(C3CC3)CC2)CCCCN1.Cl.Cl. The molecule has 3 aliphatic rings. The zero-order chi connectivity index (χ0) is 12.6. The van der Waals surface area contributed by atoms with Crippen molar-refractivity contribution in [3.05, 3.63) is 0 Å². The molecular formula is C14H27Cl2N3O. The second-order valence-corrected chi connectivity index (χ2v) is 6.28. The highest BCUT2D eigenvalue weighted by molar-refractivity contribution is 5.86. The summed E-state index contributed by atoms with van der Waals surface area (Å²) < 4.78 is 0. The van der Waals surface area contributed by atoms with Crippen LogP contribution >= 0.6 is 24.8 Å². The number of carbonyl (C=O) groups excluding carboxylic acids is 1. The van der Waals surface area contributed by atoms with Crippen LogP contribution in [-0.2, 0) is 4.79 Å². The van der Waals surface area contributed by atoms with Crippen LogP contribution in [0.25, 0.3) is 0 Å². The molecular weight excluding hydrogens is 297 g/mol. The molecule has 3 fully saturated rings. The standard InChI is InChI=1S/C14H25N3O.2ClH/c1-14(6-2-3-7-15-14)13(18)17-10-8-16(9-11-17)12-4-5-12;;/h12,15H,2-11H2,1H3;2*1H. The first-order valence-corrected chi connectivity index (χ1v) is 7.47. The lowest BCUT2D eigenvalue weighted by atomic mass is 9.89. The fourth-order valence-corrected chi connectivity index (χ4v) is 3.32. The first-order chi connectivity index (χ1) is 8.69. The number of halogens is 2. The van der Waals surface area contributed by atoms with Gasteiger partial charge in [0.1, 0.15) is 0 Å². The van der Waals surface area contributed by atoms with E-state index in [4.69, 9.17) is 0 Å². The Labute approximate surface area is 134 Å². The third kappa shape index (κ3) is 3.79. The molecule has 1 N–H and O–H groups in total. The number of hydrogen-bond donors (Lipinski definition) is 1. The van der Waals surface area contributed by atoms with Crippen LogP contribution in [0, 0.1) is 0 Å². The molecule has 2 heterocycles. The lowest BCUT2D eigenvalue weighted by Gasteiger charge is -2.41. The molecule has 0 aromatic carbocycles. The molecule has 2 saturated heterocycles. The van der Waals surface area contributed by atoms with E-state index in [1.165, 1.54) is 25.7 Å². The second-order valence-electron chi connectivity index (χ2n) is 6.28. The van der Waals surface area contributed by atoms with Crippen molar-refractivity contribution < 1.29 is 4.79 Å². The Hall–Kier alpha value is -0.0300. The van der Waals surface area contributed by atoms with Crippen molar-refractivity contribution in [1.82, 2.24) is 15.1 Å². The third-order valence-corrected chi connectivity index (χ3v) is 4.76. The summed E-state index contributed by atoms with van der Waals surface area (Å²) >= 11 is 0. The molecule has 1 amide bonds. The number of amides is 1. The summed E-state index contributed by atoms with van der Waals surface area (Å²) in [5.41, 5.74) is -0.292. The van der Waals surface area contributed by atoms with E-state index >= 15 is 0 Å². The molecule has 1 unspecified atom stereocenters. The van der Waals surface area contributed by atoms with Gasteiger partial charge in [-0.05, 0) is 45.6 Å². The number of nitrogens with zero attached hydrogens (tertiary/aromatic N) is 2. The largest absolute Gasteiger partial charge is 0.339 e. The molecule has 1 saturated carbocycles. The van der Waals surface area contributed by atoms with Crippen LogP contribution in [0.15, 0.2) is 0 Å². The number of rotatable bonds is 2. The van der Waals surface area contributed by atoms with Crippen molar-refractivity contribution in [1.29, 1.82) is 0 Å². The van der Waals surface area contributed by atoms with Gasteiger partial charge in [0, 0.05) is 32.2 Å². The van der Waals surface area contributed by atoms with Gasteiger partial charge < -0.3 is 10.2 Å². The molecule has 0 aromatic heterocycles. The summed E-state index contributed by atoms with van der Waals surface area (Å²) in [4.78, 5) is 17.2. The van der Waals surface area contributed by atoms with Crippen molar-refractivity contribution >= 4 is 30.7 Å². The van der Waals surface area contributed by atoms with E-state index in [9.17, 15) is 4.79 Å². The number of carbonyl (C=O) groups is 1. The number of piperazine rings is 1. The number of hydrogen-bond acceptors (Lipinski definition) is 3. The normalized spacial score (nSPS) is 31.1. The van der Waals surface area contributed by atoms with Gasteiger partial charge in [0.2, 0.25) is 5.91 Å². The van der Waals surface area contributed by atoms with Crippen molar-refractivity contribution in [2.45, 2.75) is 50.6 Å². The highest BCUT2D eigenvalue weighted by Crippen LogP contribution is 2.28. The van der Waals surface area contributed by atoms with E-state index in [2.05, 4.69) is 22.0 Å². The maximum atomic E-state index is 12.6. The van der Waals surface area contributed by atoms with Gasteiger partial charge in [-0.1, -0.05) is 0 Å². The Bertz CT molecular complexity index is 322. The maximum absolute atomic E-state index is 12.6. The summed E-state index contributed by atoms with van der Waals surface area (Å²) in [5.74, 6) is 0.331. The van der Waals surface area contributed by atoms with Crippen LogP contribution in [0.4, 0.5) is 0 Å². The van der Waals surface area contributed by atoms with Gasteiger partial charge in [-0.2, -0.15) is 0 Å². The fraction of sp³-hybridized carbons (Fsp3) is 0.929. The van der Waals surface area contributed by atoms with Crippen molar-refractivity contribution in [3.8, 4) is 0 Å². The predicted octanol–water partition coefficient (Wildman–Crippen LogP) is 1.67. The molecule has 0 aromatic rings. The third-order valence-electron chi connectivity index (χ3n) is 4.76. The Kier molecular flexibility index (Phi) is 6.58. The Morgan fingerprint density at radius 3 is 2.25 bits per heavy atom. The molecule has 4 nitrogen and oxygen atoms in total. The van der Waals surface area contributed by atoms with E-state index in [1.807, 2.05) is 0 Å². The highest BCUT2D eigenvalue weighted by Gasteiger charge is 2.39. The maximum Gasteiger partial charge on any atom is 0.242 e. The number of piperidine rings is 1. The summed E-state index contributed by atoms with van der Waals surface area (Å²) in [6.07, 6.45) is 6.12. The van der Waals surface area contributed by atoms with Crippen molar-refractivity contribution in [3.63, 3.8) is 0 Å². The Morgan fingerprint density at radius 2 is 1.75 bits per heavy atom.